The number of rotatable bonds is 6. The number of hydrogen-bond donors (Lipinski definition) is 0. The summed E-state index contributed by atoms with van der Waals surface area (Å²) in [5.41, 5.74) is 11.8. The Balaban J connectivity index is 1.47. The van der Waals surface area contributed by atoms with E-state index < -0.39 is 0 Å². The Bertz CT molecular complexity index is 3020. The van der Waals surface area contributed by atoms with E-state index >= 15 is 0 Å². The molecule has 0 aliphatic heterocycles. The zero-order valence-corrected chi connectivity index (χ0v) is 35.2. The predicted molar refractivity (Wildman–Crippen MR) is 248 cm³/mol. The Hall–Kier alpha value is -7.67. The molecule has 294 valence electrons. The van der Waals surface area contributed by atoms with Gasteiger partial charge < -0.3 is 4.57 Å². The van der Waals surface area contributed by atoms with E-state index in [-0.39, 0.29) is 10.8 Å². The van der Waals surface area contributed by atoms with Crippen molar-refractivity contribution in [2.75, 3.05) is 0 Å². The monoisotopic (exact) mass is 788 g/mol. The van der Waals surface area contributed by atoms with Gasteiger partial charge in [0.25, 0.3) is 0 Å². The minimum atomic E-state index is -0.0819. The Morgan fingerprint density at radius 2 is 0.787 bits per heavy atom. The van der Waals surface area contributed by atoms with Crippen LogP contribution in [0.2, 0.25) is 0 Å². The van der Waals surface area contributed by atoms with E-state index in [2.05, 4.69) is 107 Å². The molecule has 6 heteroatoms. The van der Waals surface area contributed by atoms with Crippen molar-refractivity contribution >= 4 is 21.8 Å². The molecular weight excluding hydrogens is 745 g/mol. The first-order chi connectivity index (χ1) is 29.4. The van der Waals surface area contributed by atoms with Crippen LogP contribution in [0.1, 0.15) is 63.8 Å². The van der Waals surface area contributed by atoms with Gasteiger partial charge in [-0.1, -0.05) is 151 Å². The molecule has 0 saturated heterocycles. The fourth-order valence-electron chi connectivity index (χ4n) is 8.18. The third-order valence-corrected chi connectivity index (χ3v) is 11.5. The van der Waals surface area contributed by atoms with Crippen LogP contribution in [0.4, 0.5) is 0 Å². The van der Waals surface area contributed by atoms with E-state index in [1.165, 1.54) is 11.1 Å². The quantitative estimate of drug-likeness (QED) is 0.167. The molecule has 0 radical (unpaired) electrons. The van der Waals surface area contributed by atoms with Gasteiger partial charge >= 0.3 is 0 Å². The largest absolute Gasteiger partial charge is 0.308 e. The summed E-state index contributed by atoms with van der Waals surface area (Å²) in [6.07, 6.45) is 0. The van der Waals surface area contributed by atoms with Gasteiger partial charge in [-0.3, -0.25) is 0 Å². The lowest BCUT2D eigenvalue weighted by atomic mass is 9.85. The highest BCUT2D eigenvalue weighted by atomic mass is 15.0. The molecule has 9 aromatic rings. The number of aromatic nitrogens is 4. The third-order valence-electron chi connectivity index (χ3n) is 11.5. The molecule has 0 fully saturated rings. The summed E-state index contributed by atoms with van der Waals surface area (Å²) in [7, 11) is 0. The normalized spacial score (nSPS) is 11.7. The fraction of sp³-hybridized carbons (Fsp3) is 0.145. The number of nitrogens with zero attached hydrogens (tertiary/aromatic N) is 6. The van der Waals surface area contributed by atoms with Crippen molar-refractivity contribution in [1.82, 2.24) is 19.5 Å². The van der Waals surface area contributed by atoms with Gasteiger partial charge in [0, 0.05) is 49.7 Å². The molecule has 0 aliphatic carbocycles. The highest BCUT2D eigenvalue weighted by Gasteiger charge is 2.27. The van der Waals surface area contributed by atoms with Crippen LogP contribution in [0.3, 0.4) is 0 Å². The molecule has 7 aromatic carbocycles. The molecule has 0 N–H and O–H groups in total. The molecule has 0 amide bonds. The van der Waals surface area contributed by atoms with E-state index in [0.717, 1.165) is 66.4 Å². The molecule has 6 nitrogen and oxygen atoms in total. The van der Waals surface area contributed by atoms with Gasteiger partial charge in [0.05, 0.1) is 40.0 Å². The highest BCUT2D eigenvalue weighted by Crippen LogP contribution is 2.46. The van der Waals surface area contributed by atoms with Crippen molar-refractivity contribution in [2.24, 2.45) is 0 Å². The van der Waals surface area contributed by atoms with Crippen molar-refractivity contribution in [3.05, 3.63) is 180 Å². The molecule has 0 aliphatic rings. The number of hydrogen-bond acceptors (Lipinski definition) is 5. The van der Waals surface area contributed by atoms with E-state index in [1.54, 1.807) is 0 Å². The second-order valence-corrected chi connectivity index (χ2v) is 17.6. The fourth-order valence-corrected chi connectivity index (χ4v) is 8.18. The summed E-state index contributed by atoms with van der Waals surface area (Å²) in [4.78, 5) is 15.3. The molecule has 0 unspecified atom stereocenters. The average Bonchev–Trinajstić information content (AvgIpc) is 3.61. The molecule has 0 saturated carbocycles. The van der Waals surface area contributed by atoms with Gasteiger partial charge in [-0.2, -0.15) is 10.5 Å². The van der Waals surface area contributed by atoms with Gasteiger partial charge in [0.2, 0.25) is 0 Å². The first kappa shape index (κ1) is 38.8. The van der Waals surface area contributed by atoms with E-state index in [9.17, 15) is 10.5 Å². The molecule has 0 bridgehead atoms. The van der Waals surface area contributed by atoms with Gasteiger partial charge in [-0.05, 0) is 70.5 Å². The molecule has 0 spiro atoms. The molecule has 61 heavy (non-hydrogen) atoms. The lowest BCUT2D eigenvalue weighted by molar-refractivity contribution is 0.590. The zero-order valence-electron chi connectivity index (χ0n) is 35.2. The van der Waals surface area contributed by atoms with Gasteiger partial charge in [-0.15, -0.1) is 0 Å². The van der Waals surface area contributed by atoms with Gasteiger partial charge in [0.1, 0.15) is 0 Å². The molecule has 2 heterocycles. The summed E-state index contributed by atoms with van der Waals surface area (Å²) in [5, 5.41) is 23.7. The predicted octanol–water partition coefficient (Wildman–Crippen LogP) is 13.6. The van der Waals surface area contributed by atoms with Crippen molar-refractivity contribution in [1.29, 1.82) is 10.5 Å². The maximum atomic E-state index is 10.7. The Labute approximate surface area is 357 Å². The lowest BCUT2D eigenvalue weighted by Crippen LogP contribution is -2.10. The minimum Gasteiger partial charge on any atom is -0.308 e. The second-order valence-electron chi connectivity index (χ2n) is 17.6. The van der Waals surface area contributed by atoms with Crippen LogP contribution in [-0.2, 0) is 10.8 Å². The summed E-state index contributed by atoms with van der Waals surface area (Å²) < 4.78 is 2.33. The van der Waals surface area contributed by atoms with Crippen LogP contribution in [0, 0.1) is 22.7 Å². The van der Waals surface area contributed by atoms with Crippen LogP contribution >= 0.6 is 0 Å². The Morgan fingerprint density at radius 1 is 0.410 bits per heavy atom. The smallest absolute Gasteiger partial charge is 0.164 e. The highest BCUT2D eigenvalue weighted by molar-refractivity contribution is 6.11. The molecule has 2 aromatic heterocycles. The van der Waals surface area contributed by atoms with Crippen LogP contribution in [-0.4, -0.2) is 19.5 Å². The molecule has 9 rings (SSSR count). The van der Waals surface area contributed by atoms with E-state index in [1.807, 2.05) is 109 Å². The first-order valence-corrected chi connectivity index (χ1v) is 20.6. The topological polar surface area (TPSA) is 91.2 Å². The number of nitriles is 2. The van der Waals surface area contributed by atoms with Crippen molar-refractivity contribution in [3.63, 3.8) is 0 Å². The SMILES string of the molecule is CC(C)(C)c1ccc2c(c1)c1cc(C(C)(C)C)ccc1n2-c1c(-c2ccccc2C#N)cc(-c2nc(-c3ccccc3)nc(-c3ccccc3)n2)cc1-c1ccccc1C#N. The Morgan fingerprint density at radius 3 is 1.18 bits per heavy atom. The van der Waals surface area contributed by atoms with Crippen LogP contribution in [0.15, 0.2) is 158 Å². The second kappa shape index (κ2) is 15.2. The maximum absolute atomic E-state index is 10.7. The number of benzene rings is 7. The summed E-state index contributed by atoms with van der Waals surface area (Å²) in [6.45, 7) is 13.5. The van der Waals surface area contributed by atoms with Gasteiger partial charge in [0.15, 0.2) is 17.5 Å². The van der Waals surface area contributed by atoms with Crippen LogP contribution in [0.5, 0.6) is 0 Å². The standard InChI is InChI=1S/C55H44N6/c1-54(2,3)40-25-27-48-44(31-40)45-32-41(55(4,5)6)26-28-49(45)61(48)50-46(42-23-15-13-21-37(42)33-56)29-39(30-47(50)43-24-16-14-22-38(43)34-57)53-59-51(35-17-9-7-10-18-35)58-52(60-53)36-19-11-8-12-20-36/h7-32H,1-6H3. The maximum Gasteiger partial charge on any atom is 0.164 e. The lowest BCUT2D eigenvalue weighted by Gasteiger charge is -2.23. The summed E-state index contributed by atoms with van der Waals surface area (Å²) in [6, 6.07) is 58.1. The zero-order chi connectivity index (χ0) is 42.5. The average molecular weight is 789 g/mol. The first-order valence-electron chi connectivity index (χ1n) is 20.6. The van der Waals surface area contributed by atoms with Crippen LogP contribution < -0.4 is 0 Å². The molecular formula is C55H44N6. The number of fused-ring (bicyclic) bond motifs is 3. The molecule has 0 atom stereocenters. The van der Waals surface area contributed by atoms with E-state index in [4.69, 9.17) is 15.0 Å². The van der Waals surface area contributed by atoms with Gasteiger partial charge in [-0.25, -0.2) is 15.0 Å². The summed E-state index contributed by atoms with van der Waals surface area (Å²) >= 11 is 0. The summed E-state index contributed by atoms with van der Waals surface area (Å²) in [5.74, 6) is 1.55. The Kier molecular flexibility index (Phi) is 9.66. The van der Waals surface area contributed by atoms with Crippen LogP contribution in [0.25, 0.3) is 83.9 Å². The van der Waals surface area contributed by atoms with Crippen molar-refractivity contribution in [2.45, 2.75) is 52.4 Å². The van der Waals surface area contributed by atoms with Crippen molar-refractivity contribution < 1.29 is 0 Å². The van der Waals surface area contributed by atoms with Crippen molar-refractivity contribution in [3.8, 4) is 74.2 Å². The minimum absolute atomic E-state index is 0.0819. The van der Waals surface area contributed by atoms with E-state index in [0.29, 0.717) is 28.6 Å². The third kappa shape index (κ3) is 7.13.